The van der Waals surface area contributed by atoms with E-state index in [9.17, 15) is 18.9 Å². The molecule has 0 aromatic carbocycles. The van der Waals surface area contributed by atoms with Crippen molar-refractivity contribution in [1.29, 1.82) is 0 Å². The molecular formula is C9H11F2N3O3. The van der Waals surface area contributed by atoms with Gasteiger partial charge in [0.1, 0.15) is 11.9 Å². The van der Waals surface area contributed by atoms with Crippen molar-refractivity contribution in [2.75, 3.05) is 0 Å². The Hall–Kier alpha value is -1.57. The molecule has 1 aliphatic carbocycles. The molecule has 0 bridgehead atoms. The molecule has 94 valence electrons. The van der Waals surface area contributed by atoms with E-state index >= 15 is 0 Å². The first-order valence-electron chi connectivity index (χ1n) is 5.11. The number of nitrogens with zero attached hydrogens (tertiary/aromatic N) is 3. The Morgan fingerprint density at radius 2 is 2.29 bits per heavy atom. The molecule has 1 saturated carbocycles. The van der Waals surface area contributed by atoms with E-state index in [1.165, 1.54) is 10.9 Å². The highest BCUT2D eigenvalue weighted by molar-refractivity contribution is 5.32. The van der Waals surface area contributed by atoms with Gasteiger partial charge < -0.3 is 4.74 Å². The minimum Gasteiger partial charge on any atom is -0.319 e. The van der Waals surface area contributed by atoms with E-state index in [1.807, 2.05) is 0 Å². The zero-order valence-corrected chi connectivity index (χ0v) is 9.05. The van der Waals surface area contributed by atoms with Crippen molar-refractivity contribution in [3.8, 4) is 0 Å². The van der Waals surface area contributed by atoms with Crippen molar-refractivity contribution in [3.05, 3.63) is 22.0 Å². The molecule has 6 nitrogen and oxygen atoms in total. The number of aromatic nitrogens is 2. The number of hydrogen-bond acceptors (Lipinski definition) is 4. The van der Waals surface area contributed by atoms with E-state index in [4.69, 9.17) is 0 Å². The molecule has 0 atom stereocenters. The molecule has 17 heavy (non-hydrogen) atoms. The number of nitro groups is 1. The van der Waals surface area contributed by atoms with Crippen molar-refractivity contribution in [2.24, 2.45) is 0 Å². The normalized spacial score (nSPS) is 23.8. The molecule has 0 N–H and O–H groups in total. The van der Waals surface area contributed by atoms with Gasteiger partial charge in [-0.3, -0.25) is 14.8 Å². The van der Waals surface area contributed by atoms with E-state index in [0.29, 0.717) is 18.5 Å². The highest BCUT2D eigenvalue weighted by atomic mass is 19.3. The van der Waals surface area contributed by atoms with Crippen LogP contribution in [0.15, 0.2) is 6.20 Å². The maximum Gasteiger partial charge on any atom is 0.345 e. The van der Waals surface area contributed by atoms with Gasteiger partial charge in [0.15, 0.2) is 0 Å². The summed E-state index contributed by atoms with van der Waals surface area (Å²) in [7, 11) is 0. The van der Waals surface area contributed by atoms with Crippen LogP contribution in [-0.4, -0.2) is 27.4 Å². The SMILES string of the molecule is Cc1c([N+](=O)[O-])cnn1C1CC(OC(F)F)C1. The molecule has 0 unspecified atom stereocenters. The van der Waals surface area contributed by atoms with Gasteiger partial charge in [-0.05, 0) is 19.8 Å². The van der Waals surface area contributed by atoms with Gasteiger partial charge in [-0.25, -0.2) is 0 Å². The zero-order valence-electron chi connectivity index (χ0n) is 9.05. The van der Waals surface area contributed by atoms with Crippen LogP contribution in [0.3, 0.4) is 0 Å². The van der Waals surface area contributed by atoms with Crippen molar-refractivity contribution < 1.29 is 18.4 Å². The van der Waals surface area contributed by atoms with Gasteiger partial charge >= 0.3 is 12.3 Å². The Kier molecular flexibility index (Phi) is 3.05. The second-order valence-electron chi connectivity index (χ2n) is 3.96. The summed E-state index contributed by atoms with van der Waals surface area (Å²) in [6.45, 7) is -1.18. The Morgan fingerprint density at radius 3 is 2.76 bits per heavy atom. The van der Waals surface area contributed by atoms with Gasteiger partial charge in [-0.15, -0.1) is 0 Å². The summed E-state index contributed by atoms with van der Waals surface area (Å²) >= 11 is 0. The van der Waals surface area contributed by atoms with Crippen molar-refractivity contribution in [3.63, 3.8) is 0 Å². The fraction of sp³-hybridized carbons (Fsp3) is 0.667. The number of hydrogen-bond donors (Lipinski definition) is 0. The first-order valence-corrected chi connectivity index (χ1v) is 5.11. The molecule has 1 aromatic heterocycles. The van der Waals surface area contributed by atoms with Crippen molar-refractivity contribution >= 4 is 5.69 Å². The van der Waals surface area contributed by atoms with Crippen molar-refractivity contribution in [1.82, 2.24) is 9.78 Å². The lowest BCUT2D eigenvalue weighted by Crippen LogP contribution is -2.35. The molecule has 1 heterocycles. The Morgan fingerprint density at radius 1 is 1.65 bits per heavy atom. The van der Waals surface area contributed by atoms with E-state index in [2.05, 4.69) is 9.84 Å². The second kappa shape index (κ2) is 4.36. The van der Waals surface area contributed by atoms with E-state index in [0.717, 1.165) is 0 Å². The summed E-state index contributed by atoms with van der Waals surface area (Å²) in [5, 5.41) is 14.5. The molecule has 1 aromatic rings. The number of alkyl halides is 2. The Bertz CT molecular complexity index is 429. The summed E-state index contributed by atoms with van der Waals surface area (Å²) in [5.74, 6) is 0. The summed E-state index contributed by atoms with van der Waals surface area (Å²) in [5.41, 5.74) is 0.388. The molecule has 2 rings (SSSR count). The average molecular weight is 247 g/mol. The van der Waals surface area contributed by atoms with Crippen LogP contribution in [0.5, 0.6) is 0 Å². The third-order valence-corrected chi connectivity index (χ3v) is 2.93. The summed E-state index contributed by atoms with van der Waals surface area (Å²) < 4.78 is 29.6. The molecular weight excluding hydrogens is 236 g/mol. The zero-order chi connectivity index (χ0) is 12.6. The van der Waals surface area contributed by atoms with Crippen LogP contribution in [0.4, 0.5) is 14.5 Å². The predicted octanol–water partition coefficient (Wildman–Crippen LogP) is 2.04. The van der Waals surface area contributed by atoms with Crippen LogP contribution in [0.1, 0.15) is 24.6 Å². The fourth-order valence-electron chi connectivity index (χ4n) is 1.96. The number of rotatable bonds is 4. The highest BCUT2D eigenvalue weighted by Gasteiger charge is 2.35. The maximum absolute atomic E-state index is 11.9. The molecule has 1 fully saturated rings. The Labute approximate surface area is 95.3 Å². The summed E-state index contributed by atoms with van der Waals surface area (Å²) in [6, 6.07) is -0.0903. The average Bonchev–Trinajstić information content (AvgIpc) is 2.52. The van der Waals surface area contributed by atoms with Crippen LogP contribution >= 0.6 is 0 Å². The van der Waals surface area contributed by atoms with Gasteiger partial charge in [0.2, 0.25) is 0 Å². The Balaban J connectivity index is 2.00. The third-order valence-electron chi connectivity index (χ3n) is 2.93. The lowest BCUT2D eigenvalue weighted by molar-refractivity contribution is -0.385. The quantitative estimate of drug-likeness (QED) is 0.603. The topological polar surface area (TPSA) is 70.2 Å². The summed E-state index contributed by atoms with van der Waals surface area (Å²) in [6.07, 6.45) is 1.51. The smallest absolute Gasteiger partial charge is 0.319 e. The van der Waals surface area contributed by atoms with E-state index < -0.39 is 17.6 Å². The van der Waals surface area contributed by atoms with Gasteiger partial charge in [0.25, 0.3) is 0 Å². The molecule has 0 saturated heterocycles. The van der Waals surface area contributed by atoms with Crippen LogP contribution in [0.25, 0.3) is 0 Å². The van der Waals surface area contributed by atoms with Crippen molar-refractivity contribution in [2.45, 2.75) is 38.5 Å². The number of ether oxygens (including phenoxy) is 1. The standard InChI is InChI=1S/C9H11F2N3O3/c1-5-8(14(15)16)4-12-13(5)6-2-7(3-6)17-9(10)11/h4,6-7,9H,2-3H2,1H3. The van der Waals surface area contributed by atoms with Gasteiger partial charge in [0.05, 0.1) is 17.1 Å². The predicted molar refractivity (Wildman–Crippen MR) is 52.8 cm³/mol. The molecule has 0 amide bonds. The first-order chi connectivity index (χ1) is 7.99. The van der Waals surface area contributed by atoms with Crippen LogP contribution in [0.2, 0.25) is 0 Å². The molecule has 8 heteroatoms. The minimum atomic E-state index is -2.77. The van der Waals surface area contributed by atoms with Gasteiger partial charge in [0, 0.05) is 0 Å². The largest absolute Gasteiger partial charge is 0.345 e. The van der Waals surface area contributed by atoms with Crippen LogP contribution < -0.4 is 0 Å². The lowest BCUT2D eigenvalue weighted by Gasteiger charge is -2.35. The fourth-order valence-corrected chi connectivity index (χ4v) is 1.96. The van der Waals surface area contributed by atoms with Gasteiger partial charge in [-0.1, -0.05) is 0 Å². The second-order valence-corrected chi connectivity index (χ2v) is 3.96. The molecule has 0 spiro atoms. The van der Waals surface area contributed by atoms with Crippen LogP contribution in [0, 0.1) is 17.0 Å². The minimum absolute atomic E-state index is 0.0526. The molecule has 1 aliphatic rings. The maximum atomic E-state index is 11.9. The highest BCUT2D eigenvalue weighted by Crippen LogP contribution is 2.37. The molecule has 0 aliphatic heterocycles. The monoisotopic (exact) mass is 247 g/mol. The third kappa shape index (κ3) is 2.26. The first kappa shape index (κ1) is 11.9. The molecule has 0 radical (unpaired) electrons. The van der Waals surface area contributed by atoms with Crippen LogP contribution in [-0.2, 0) is 4.74 Å². The van der Waals surface area contributed by atoms with E-state index in [-0.39, 0.29) is 11.7 Å². The lowest BCUT2D eigenvalue weighted by atomic mass is 9.89. The van der Waals surface area contributed by atoms with Gasteiger partial charge in [-0.2, -0.15) is 13.9 Å². The van der Waals surface area contributed by atoms with E-state index in [1.54, 1.807) is 6.92 Å². The number of halogens is 2. The summed E-state index contributed by atoms with van der Waals surface area (Å²) in [4.78, 5) is 10.1.